The van der Waals surface area contributed by atoms with E-state index in [0.29, 0.717) is 35.5 Å². The van der Waals surface area contributed by atoms with Crippen LogP contribution in [-0.4, -0.2) is 42.9 Å². The van der Waals surface area contributed by atoms with Gasteiger partial charge in [0.15, 0.2) is 0 Å². The first-order valence-corrected chi connectivity index (χ1v) is 6.04. The van der Waals surface area contributed by atoms with Gasteiger partial charge in [0.05, 0.1) is 22.4 Å². The zero-order valence-electron chi connectivity index (χ0n) is 8.44. The Balaban J connectivity index is 2.06. The van der Waals surface area contributed by atoms with Crippen LogP contribution < -0.4 is 0 Å². The van der Waals surface area contributed by atoms with E-state index in [-0.39, 0.29) is 0 Å². The fourth-order valence-corrected chi connectivity index (χ4v) is 2.43. The second kappa shape index (κ2) is 4.95. The number of hydrogen-bond donors (Lipinski definition) is 0. The molecule has 2 rings (SSSR count). The smallest absolute Gasteiger partial charge is 0.295 e. The van der Waals surface area contributed by atoms with E-state index in [0.717, 1.165) is 11.3 Å². The summed E-state index contributed by atoms with van der Waals surface area (Å²) in [6, 6.07) is 3.19. The number of ketones is 1. The number of rotatable bonds is 2. The quantitative estimate of drug-likeness (QED) is 0.597. The number of halogens is 1. The van der Waals surface area contributed by atoms with Crippen LogP contribution in [0.15, 0.2) is 12.1 Å². The Morgan fingerprint density at radius 3 is 2.56 bits per heavy atom. The number of nitrogens with zero attached hydrogens (tertiary/aromatic N) is 1. The largest absolute Gasteiger partial charge is 0.378 e. The highest BCUT2D eigenvalue weighted by Crippen LogP contribution is 2.22. The number of Topliss-reactive ketones (excluding diaryl/α,β-unsaturated/α-hetero) is 1. The predicted octanol–water partition coefficient (Wildman–Crippen LogP) is 1.44. The third-order valence-electron chi connectivity index (χ3n) is 2.29. The fraction of sp³-hybridized carbons (Fsp3) is 0.400. The standard InChI is InChI=1S/C10H10ClNO3S/c11-8-2-1-7(16-8)9(13)10(14)12-3-5-15-6-4-12/h1-2H,3-6H2. The molecule has 0 aromatic carbocycles. The Morgan fingerprint density at radius 2 is 2.00 bits per heavy atom. The number of carbonyl (C=O) groups excluding carboxylic acids is 2. The van der Waals surface area contributed by atoms with E-state index in [9.17, 15) is 9.59 Å². The van der Waals surface area contributed by atoms with Crippen molar-refractivity contribution in [2.24, 2.45) is 0 Å². The molecule has 1 saturated heterocycles. The lowest BCUT2D eigenvalue weighted by molar-refractivity contribution is -0.130. The molecule has 1 aliphatic heterocycles. The summed E-state index contributed by atoms with van der Waals surface area (Å²) in [4.78, 5) is 25.5. The molecule has 4 nitrogen and oxygen atoms in total. The van der Waals surface area contributed by atoms with E-state index < -0.39 is 11.7 Å². The second-order valence-corrected chi connectivity index (χ2v) is 5.05. The molecule has 0 unspecified atom stereocenters. The SMILES string of the molecule is O=C(C(=O)N1CCOCC1)c1ccc(Cl)s1. The lowest BCUT2D eigenvalue weighted by atomic mass is 10.2. The van der Waals surface area contributed by atoms with Crippen molar-refractivity contribution in [3.63, 3.8) is 0 Å². The summed E-state index contributed by atoms with van der Waals surface area (Å²) in [5.41, 5.74) is 0. The summed E-state index contributed by atoms with van der Waals surface area (Å²) in [5, 5.41) is 0. The molecule has 1 fully saturated rings. The number of amides is 1. The molecular weight excluding hydrogens is 250 g/mol. The van der Waals surface area contributed by atoms with E-state index >= 15 is 0 Å². The molecule has 0 spiro atoms. The fourth-order valence-electron chi connectivity index (χ4n) is 1.45. The summed E-state index contributed by atoms with van der Waals surface area (Å²) in [7, 11) is 0. The Morgan fingerprint density at radius 1 is 1.31 bits per heavy atom. The van der Waals surface area contributed by atoms with Gasteiger partial charge in [-0.05, 0) is 12.1 Å². The highest BCUT2D eigenvalue weighted by atomic mass is 35.5. The van der Waals surface area contributed by atoms with Gasteiger partial charge in [-0.2, -0.15) is 0 Å². The zero-order valence-corrected chi connectivity index (χ0v) is 10.0. The van der Waals surface area contributed by atoms with Gasteiger partial charge in [-0.1, -0.05) is 11.6 Å². The van der Waals surface area contributed by atoms with Crippen LogP contribution in [0.1, 0.15) is 9.67 Å². The lowest BCUT2D eigenvalue weighted by Crippen LogP contribution is -2.43. The molecule has 0 bridgehead atoms. The van der Waals surface area contributed by atoms with E-state index in [1.807, 2.05) is 0 Å². The summed E-state index contributed by atoms with van der Waals surface area (Å²) < 4.78 is 5.63. The Hall–Kier alpha value is -0.910. The van der Waals surface area contributed by atoms with Crippen molar-refractivity contribution in [1.29, 1.82) is 0 Å². The maximum Gasteiger partial charge on any atom is 0.295 e. The first-order valence-electron chi connectivity index (χ1n) is 4.85. The van der Waals surface area contributed by atoms with Gasteiger partial charge >= 0.3 is 0 Å². The van der Waals surface area contributed by atoms with E-state index in [2.05, 4.69) is 0 Å². The average Bonchev–Trinajstić information content (AvgIpc) is 2.75. The van der Waals surface area contributed by atoms with E-state index in [4.69, 9.17) is 16.3 Å². The van der Waals surface area contributed by atoms with Gasteiger partial charge in [0.1, 0.15) is 0 Å². The van der Waals surface area contributed by atoms with Crippen molar-refractivity contribution in [3.8, 4) is 0 Å². The van der Waals surface area contributed by atoms with Gasteiger partial charge in [-0.3, -0.25) is 9.59 Å². The molecule has 0 aliphatic carbocycles. The lowest BCUT2D eigenvalue weighted by Gasteiger charge is -2.25. The molecule has 0 N–H and O–H groups in total. The van der Waals surface area contributed by atoms with Crippen molar-refractivity contribution in [2.75, 3.05) is 26.3 Å². The molecule has 0 saturated carbocycles. The minimum absolute atomic E-state index is 0.390. The molecule has 0 atom stereocenters. The monoisotopic (exact) mass is 259 g/mol. The van der Waals surface area contributed by atoms with Gasteiger partial charge in [0, 0.05) is 13.1 Å². The maximum atomic E-state index is 11.8. The minimum atomic E-state index is -0.487. The number of hydrogen-bond acceptors (Lipinski definition) is 4. The van der Waals surface area contributed by atoms with Crippen molar-refractivity contribution < 1.29 is 14.3 Å². The van der Waals surface area contributed by atoms with Crippen LogP contribution in [0.2, 0.25) is 4.34 Å². The number of morpholine rings is 1. The summed E-state index contributed by atoms with van der Waals surface area (Å²) in [5.74, 6) is -0.958. The van der Waals surface area contributed by atoms with Crippen LogP contribution >= 0.6 is 22.9 Å². The molecule has 1 aromatic rings. The predicted molar refractivity (Wildman–Crippen MR) is 61.1 cm³/mol. The van der Waals surface area contributed by atoms with Gasteiger partial charge in [0.2, 0.25) is 0 Å². The van der Waals surface area contributed by atoms with Crippen LogP contribution in [0.3, 0.4) is 0 Å². The molecule has 86 valence electrons. The van der Waals surface area contributed by atoms with E-state index in [1.54, 1.807) is 12.1 Å². The van der Waals surface area contributed by atoms with Crippen LogP contribution in [0.4, 0.5) is 0 Å². The van der Waals surface area contributed by atoms with Crippen LogP contribution in [0.5, 0.6) is 0 Å². The molecule has 6 heteroatoms. The molecule has 1 aliphatic rings. The highest BCUT2D eigenvalue weighted by molar-refractivity contribution is 7.18. The van der Waals surface area contributed by atoms with Crippen LogP contribution in [0.25, 0.3) is 0 Å². The number of carbonyl (C=O) groups is 2. The van der Waals surface area contributed by atoms with Gasteiger partial charge < -0.3 is 9.64 Å². The molecule has 1 amide bonds. The minimum Gasteiger partial charge on any atom is -0.378 e. The Bertz CT molecular complexity index is 412. The maximum absolute atomic E-state index is 11.8. The Labute approximate surface area is 102 Å². The third kappa shape index (κ3) is 2.42. The molecular formula is C10H10ClNO3S. The molecule has 1 aromatic heterocycles. The van der Waals surface area contributed by atoms with Gasteiger partial charge in [0.25, 0.3) is 11.7 Å². The summed E-state index contributed by atoms with van der Waals surface area (Å²) in [6.45, 7) is 1.93. The zero-order chi connectivity index (χ0) is 11.5. The summed E-state index contributed by atoms with van der Waals surface area (Å²) >= 11 is 6.84. The molecule has 16 heavy (non-hydrogen) atoms. The van der Waals surface area contributed by atoms with Crippen LogP contribution in [-0.2, 0) is 9.53 Å². The topological polar surface area (TPSA) is 46.6 Å². The van der Waals surface area contributed by atoms with Crippen molar-refractivity contribution in [1.82, 2.24) is 4.90 Å². The number of ether oxygens (including phenoxy) is 1. The van der Waals surface area contributed by atoms with Crippen LogP contribution in [0, 0.1) is 0 Å². The molecule has 2 heterocycles. The van der Waals surface area contributed by atoms with Gasteiger partial charge in [-0.25, -0.2) is 0 Å². The first kappa shape index (κ1) is 11.6. The van der Waals surface area contributed by atoms with Gasteiger partial charge in [-0.15, -0.1) is 11.3 Å². The molecule has 0 radical (unpaired) electrons. The second-order valence-electron chi connectivity index (χ2n) is 3.34. The normalized spacial score (nSPS) is 16.2. The average molecular weight is 260 g/mol. The number of thiophene rings is 1. The van der Waals surface area contributed by atoms with E-state index in [1.165, 1.54) is 4.90 Å². The van der Waals surface area contributed by atoms with Crippen molar-refractivity contribution in [2.45, 2.75) is 0 Å². The first-order chi connectivity index (χ1) is 7.68. The Kier molecular flexibility index (Phi) is 3.58. The third-order valence-corrected chi connectivity index (χ3v) is 3.52. The highest BCUT2D eigenvalue weighted by Gasteiger charge is 2.25. The van der Waals surface area contributed by atoms with Crippen molar-refractivity contribution in [3.05, 3.63) is 21.3 Å². The van der Waals surface area contributed by atoms with Crippen molar-refractivity contribution >= 4 is 34.6 Å². The summed E-state index contributed by atoms with van der Waals surface area (Å²) in [6.07, 6.45) is 0.